The molecule has 0 unspecified atom stereocenters. The number of nitrogens with zero attached hydrogens (tertiary/aromatic N) is 4. The molecule has 2 heterocycles. The van der Waals surface area contributed by atoms with Gasteiger partial charge in [-0.2, -0.15) is 5.10 Å². The van der Waals surface area contributed by atoms with E-state index in [1.165, 1.54) is 4.68 Å². The molecule has 2 amide bonds. The molecule has 4 aromatic rings. The van der Waals surface area contributed by atoms with E-state index in [1.54, 1.807) is 30.5 Å². The normalized spacial score (nSPS) is 10.8. The molecular weight excluding hydrogens is 420 g/mol. The summed E-state index contributed by atoms with van der Waals surface area (Å²) < 4.78 is 3.22. The maximum atomic E-state index is 12.9. The third kappa shape index (κ3) is 5.15. The van der Waals surface area contributed by atoms with Gasteiger partial charge in [-0.3, -0.25) is 25.2 Å². The zero-order valence-electron chi connectivity index (χ0n) is 18.2. The van der Waals surface area contributed by atoms with E-state index in [-0.39, 0.29) is 30.1 Å². The Balaban J connectivity index is 1.46. The van der Waals surface area contributed by atoms with Crippen molar-refractivity contribution in [1.29, 1.82) is 0 Å². The lowest BCUT2D eigenvalue weighted by molar-refractivity contribution is -0.122. The van der Waals surface area contributed by atoms with Gasteiger partial charge in [0.15, 0.2) is 5.69 Å². The highest BCUT2D eigenvalue weighted by Gasteiger charge is 2.17. The molecule has 9 nitrogen and oxygen atoms in total. The minimum absolute atomic E-state index is 0.0653. The number of hydrogen-bond acceptors (Lipinski definition) is 5. The number of nitrogens with one attached hydrogen (secondary N) is 2. The zero-order valence-corrected chi connectivity index (χ0v) is 18.2. The van der Waals surface area contributed by atoms with E-state index in [4.69, 9.17) is 0 Å². The van der Waals surface area contributed by atoms with Crippen LogP contribution in [0.15, 0.2) is 71.8 Å². The number of fused-ring (bicyclic) bond motifs is 1. The molecule has 0 saturated carbocycles. The van der Waals surface area contributed by atoms with Gasteiger partial charge in [-0.15, -0.1) is 0 Å². The zero-order chi connectivity index (χ0) is 23.2. The van der Waals surface area contributed by atoms with Gasteiger partial charge in [0.1, 0.15) is 5.82 Å². The summed E-state index contributed by atoms with van der Waals surface area (Å²) in [5, 5.41) is 5.12. The van der Waals surface area contributed by atoms with Crippen molar-refractivity contribution in [3.63, 3.8) is 0 Å². The molecule has 0 saturated heterocycles. The van der Waals surface area contributed by atoms with Crippen LogP contribution < -0.4 is 16.4 Å². The standard InChI is InChI=1S/C24H24N6O3/c1-17-25-13-15-29(17)14-7-12-21(31)26-27-23(32)22-19-10-5-6-11-20(19)24(33)30(28-22)16-18-8-3-2-4-9-18/h2-6,8-11,13,15H,7,12,14,16H2,1H3,(H,26,31)(H,27,32). The fourth-order valence-electron chi connectivity index (χ4n) is 3.56. The van der Waals surface area contributed by atoms with Crippen molar-refractivity contribution in [3.8, 4) is 0 Å². The number of hydrazine groups is 1. The Kier molecular flexibility index (Phi) is 6.58. The van der Waals surface area contributed by atoms with Crippen LogP contribution in [-0.2, 0) is 17.9 Å². The number of rotatable bonds is 7. The molecule has 0 aliphatic rings. The maximum Gasteiger partial charge on any atom is 0.290 e. The van der Waals surface area contributed by atoms with E-state index in [2.05, 4.69) is 20.9 Å². The van der Waals surface area contributed by atoms with Crippen LogP contribution in [0.3, 0.4) is 0 Å². The molecule has 168 valence electrons. The molecule has 2 aromatic heterocycles. The number of aromatic nitrogens is 4. The smallest absolute Gasteiger partial charge is 0.290 e. The van der Waals surface area contributed by atoms with Gasteiger partial charge < -0.3 is 4.57 Å². The van der Waals surface area contributed by atoms with Crippen LogP contribution in [0, 0.1) is 6.92 Å². The van der Waals surface area contributed by atoms with Gasteiger partial charge in [0, 0.05) is 30.7 Å². The fraction of sp³-hybridized carbons (Fsp3) is 0.208. The van der Waals surface area contributed by atoms with Crippen LogP contribution in [0.1, 0.15) is 34.7 Å². The van der Waals surface area contributed by atoms with Crippen molar-refractivity contribution in [1.82, 2.24) is 30.2 Å². The Labute approximate surface area is 190 Å². The van der Waals surface area contributed by atoms with Gasteiger partial charge in [0.2, 0.25) is 5.91 Å². The minimum Gasteiger partial charge on any atom is -0.335 e. The topological polar surface area (TPSA) is 111 Å². The summed E-state index contributed by atoms with van der Waals surface area (Å²) in [5.74, 6) is -0.0258. The first kappa shape index (κ1) is 21.9. The van der Waals surface area contributed by atoms with Crippen molar-refractivity contribution >= 4 is 22.6 Å². The van der Waals surface area contributed by atoms with Crippen molar-refractivity contribution in [3.05, 3.63) is 94.4 Å². The van der Waals surface area contributed by atoms with Crippen molar-refractivity contribution in [2.45, 2.75) is 32.9 Å². The van der Waals surface area contributed by atoms with Gasteiger partial charge in [0.25, 0.3) is 11.5 Å². The molecular formula is C24H24N6O3. The molecule has 2 aromatic carbocycles. The number of hydrogen-bond donors (Lipinski definition) is 2. The quantitative estimate of drug-likeness (QED) is 0.425. The van der Waals surface area contributed by atoms with Crippen LogP contribution >= 0.6 is 0 Å². The second-order valence-corrected chi connectivity index (χ2v) is 7.62. The third-order valence-corrected chi connectivity index (χ3v) is 5.30. The van der Waals surface area contributed by atoms with Crippen LogP contribution in [0.2, 0.25) is 0 Å². The molecule has 0 aliphatic carbocycles. The average Bonchev–Trinajstić information content (AvgIpc) is 3.24. The Morgan fingerprint density at radius 1 is 0.970 bits per heavy atom. The molecule has 0 aliphatic heterocycles. The summed E-state index contributed by atoms with van der Waals surface area (Å²) in [6, 6.07) is 16.2. The number of aryl methyl sites for hydroxylation is 2. The predicted octanol–water partition coefficient (Wildman–Crippen LogP) is 2.19. The summed E-state index contributed by atoms with van der Waals surface area (Å²) in [6.45, 7) is 2.78. The lowest BCUT2D eigenvalue weighted by Gasteiger charge is -2.12. The van der Waals surface area contributed by atoms with Gasteiger partial charge >= 0.3 is 0 Å². The highest BCUT2D eigenvalue weighted by Crippen LogP contribution is 2.14. The largest absolute Gasteiger partial charge is 0.335 e. The molecule has 4 rings (SSSR count). The van der Waals surface area contributed by atoms with Gasteiger partial charge in [-0.25, -0.2) is 9.67 Å². The van der Waals surface area contributed by atoms with E-state index in [1.807, 2.05) is 48.0 Å². The van der Waals surface area contributed by atoms with Gasteiger partial charge in [-0.05, 0) is 25.0 Å². The van der Waals surface area contributed by atoms with E-state index in [0.29, 0.717) is 23.7 Å². The van der Waals surface area contributed by atoms with Gasteiger partial charge in [-0.1, -0.05) is 48.5 Å². The number of carbonyl (C=O) groups excluding carboxylic acids is 2. The Bertz CT molecular complexity index is 1340. The molecule has 9 heteroatoms. The number of benzene rings is 2. The molecule has 0 fully saturated rings. The molecule has 2 N–H and O–H groups in total. The summed E-state index contributed by atoms with van der Waals surface area (Å²) in [7, 11) is 0. The average molecular weight is 444 g/mol. The fourth-order valence-corrected chi connectivity index (χ4v) is 3.56. The molecule has 0 radical (unpaired) electrons. The van der Waals surface area contributed by atoms with E-state index in [9.17, 15) is 14.4 Å². The SMILES string of the molecule is Cc1nccn1CCCC(=O)NNC(=O)c1nn(Cc2ccccc2)c(=O)c2ccccc12. The van der Waals surface area contributed by atoms with E-state index in [0.717, 1.165) is 11.4 Å². The molecule has 0 atom stereocenters. The van der Waals surface area contributed by atoms with E-state index >= 15 is 0 Å². The summed E-state index contributed by atoms with van der Waals surface area (Å²) in [4.78, 5) is 42.1. The Morgan fingerprint density at radius 2 is 1.70 bits per heavy atom. The number of imidazole rings is 1. The lowest BCUT2D eigenvalue weighted by Crippen LogP contribution is -2.42. The van der Waals surface area contributed by atoms with Crippen LogP contribution in [0.4, 0.5) is 0 Å². The Hall–Kier alpha value is -4.27. The maximum absolute atomic E-state index is 12.9. The van der Waals surface area contributed by atoms with Gasteiger partial charge in [0.05, 0.1) is 11.9 Å². The van der Waals surface area contributed by atoms with E-state index < -0.39 is 5.91 Å². The molecule has 0 bridgehead atoms. The first-order chi connectivity index (χ1) is 16.0. The first-order valence-electron chi connectivity index (χ1n) is 10.6. The monoisotopic (exact) mass is 444 g/mol. The van der Waals surface area contributed by atoms with Crippen LogP contribution in [0.5, 0.6) is 0 Å². The number of carbonyl (C=O) groups is 2. The predicted molar refractivity (Wildman–Crippen MR) is 123 cm³/mol. The summed E-state index contributed by atoms with van der Waals surface area (Å²) in [5.41, 5.74) is 5.52. The first-order valence-corrected chi connectivity index (χ1v) is 10.6. The third-order valence-electron chi connectivity index (χ3n) is 5.30. The lowest BCUT2D eigenvalue weighted by atomic mass is 10.1. The highest BCUT2D eigenvalue weighted by molar-refractivity contribution is 6.05. The minimum atomic E-state index is -0.591. The second kappa shape index (κ2) is 9.90. The summed E-state index contributed by atoms with van der Waals surface area (Å²) in [6.07, 6.45) is 4.40. The Morgan fingerprint density at radius 3 is 2.42 bits per heavy atom. The second-order valence-electron chi connectivity index (χ2n) is 7.62. The van der Waals surface area contributed by atoms with Crippen LogP contribution in [-0.4, -0.2) is 31.1 Å². The highest BCUT2D eigenvalue weighted by atomic mass is 16.2. The van der Waals surface area contributed by atoms with Crippen molar-refractivity contribution < 1.29 is 9.59 Å². The summed E-state index contributed by atoms with van der Waals surface area (Å²) >= 11 is 0. The molecule has 33 heavy (non-hydrogen) atoms. The number of amides is 2. The van der Waals surface area contributed by atoms with Crippen molar-refractivity contribution in [2.75, 3.05) is 0 Å². The van der Waals surface area contributed by atoms with Crippen molar-refractivity contribution in [2.24, 2.45) is 0 Å². The molecule has 0 spiro atoms. The van der Waals surface area contributed by atoms with Crippen LogP contribution in [0.25, 0.3) is 10.8 Å².